The topological polar surface area (TPSA) is 55.1 Å². The van der Waals surface area contributed by atoms with Gasteiger partial charge in [-0.15, -0.1) is 24.8 Å². The number of carbonyl (C=O) groups is 1. The second kappa shape index (κ2) is 10.9. The van der Waals surface area contributed by atoms with Crippen molar-refractivity contribution in [2.24, 2.45) is 11.7 Å². The Morgan fingerprint density at radius 3 is 2.37 bits per heavy atom. The molecule has 0 aliphatic rings. The van der Waals surface area contributed by atoms with Crippen molar-refractivity contribution in [3.8, 4) is 0 Å². The van der Waals surface area contributed by atoms with Gasteiger partial charge in [-0.2, -0.15) is 0 Å². The van der Waals surface area contributed by atoms with E-state index in [0.29, 0.717) is 12.3 Å². The van der Waals surface area contributed by atoms with Gasteiger partial charge in [0.2, 0.25) is 5.91 Å². The number of rotatable bonds is 5. The second-order valence-electron chi connectivity index (χ2n) is 4.49. The minimum Gasteiger partial charge on any atom is -0.331 e. The summed E-state index contributed by atoms with van der Waals surface area (Å²) in [5, 5.41) is 2.69. The molecule has 108 valence electrons. The van der Waals surface area contributed by atoms with Gasteiger partial charge in [-0.05, 0) is 24.0 Å². The smallest absolute Gasteiger partial charge is 0.240 e. The van der Waals surface area contributed by atoms with Crippen molar-refractivity contribution >= 4 is 36.8 Å². The molecule has 0 aromatic heterocycles. The standard InChI is InChI=1S/C14H20N2O.2ClH/c1-11(2)10-13(15)14(17)16-9-8-12-6-4-3-5-7-12;;/h3-9,11,13H,10,15H2,1-2H3,(H,16,17);2*1H/t13-;;/m0../s1. The Balaban J connectivity index is 0. The van der Waals surface area contributed by atoms with E-state index in [1.165, 1.54) is 0 Å². The third-order valence-corrected chi connectivity index (χ3v) is 2.36. The summed E-state index contributed by atoms with van der Waals surface area (Å²) in [6, 6.07) is 9.36. The van der Waals surface area contributed by atoms with E-state index in [1.807, 2.05) is 50.3 Å². The molecule has 1 atom stereocenters. The minimum absolute atomic E-state index is 0. The molecule has 0 fully saturated rings. The summed E-state index contributed by atoms with van der Waals surface area (Å²) in [6.45, 7) is 4.10. The van der Waals surface area contributed by atoms with Gasteiger partial charge >= 0.3 is 0 Å². The molecule has 1 aromatic carbocycles. The molecule has 0 aliphatic carbocycles. The fourth-order valence-electron chi connectivity index (χ4n) is 1.51. The molecular weight excluding hydrogens is 283 g/mol. The van der Waals surface area contributed by atoms with E-state index in [2.05, 4.69) is 5.32 Å². The molecule has 0 aliphatic heterocycles. The first-order valence-corrected chi connectivity index (χ1v) is 5.87. The number of carbonyl (C=O) groups excluding carboxylic acids is 1. The highest BCUT2D eigenvalue weighted by atomic mass is 35.5. The SMILES string of the molecule is CC(C)C[C@H](N)C(=O)NC=Cc1ccccc1.Cl.Cl. The third-order valence-electron chi connectivity index (χ3n) is 2.36. The van der Waals surface area contributed by atoms with Gasteiger partial charge in [-0.3, -0.25) is 4.79 Å². The number of benzene rings is 1. The first kappa shape index (κ1) is 20.3. The van der Waals surface area contributed by atoms with E-state index in [1.54, 1.807) is 6.20 Å². The maximum Gasteiger partial charge on any atom is 0.240 e. The molecule has 3 nitrogen and oxygen atoms in total. The second-order valence-corrected chi connectivity index (χ2v) is 4.49. The zero-order valence-corrected chi connectivity index (χ0v) is 12.8. The van der Waals surface area contributed by atoms with Crippen LogP contribution in [0.2, 0.25) is 0 Å². The average molecular weight is 305 g/mol. The summed E-state index contributed by atoms with van der Waals surface area (Å²) >= 11 is 0. The van der Waals surface area contributed by atoms with Gasteiger partial charge in [-0.1, -0.05) is 44.2 Å². The highest BCUT2D eigenvalue weighted by Gasteiger charge is 2.12. The van der Waals surface area contributed by atoms with Crippen LogP contribution >= 0.6 is 24.8 Å². The molecule has 3 N–H and O–H groups in total. The Bertz CT molecular complexity index is 380. The van der Waals surface area contributed by atoms with Crippen molar-refractivity contribution in [2.75, 3.05) is 0 Å². The molecule has 0 radical (unpaired) electrons. The molecular formula is C14H22Cl2N2O. The van der Waals surface area contributed by atoms with Crippen LogP contribution in [-0.2, 0) is 4.79 Å². The molecule has 1 rings (SSSR count). The Labute approximate surface area is 127 Å². The number of nitrogens with two attached hydrogens (primary N) is 1. The van der Waals surface area contributed by atoms with Crippen molar-refractivity contribution in [1.29, 1.82) is 0 Å². The number of hydrogen-bond acceptors (Lipinski definition) is 2. The molecule has 1 amide bonds. The van der Waals surface area contributed by atoms with Gasteiger partial charge in [0.05, 0.1) is 6.04 Å². The number of amides is 1. The number of halogens is 2. The van der Waals surface area contributed by atoms with Gasteiger partial charge < -0.3 is 11.1 Å². The van der Waals surface area contributed by atoms with Crippen LogP contribution in [0.15, 0.2) is 36.5 Å². The fraction of sp³-hybridized carbons (Fsp3) is 0.357. The van der Waals surface area contributed by atoms with Gasteiger partial charge in [0.25, 0.3) is 0 Å². The van der Waals surface area contributed by atoms with Crippen LogP contribution in [0.25, 0.3) is 6.08 Å². The van der Waals surface area contributed by atoms with Crippen LogP contribution in [0.5, 0.6) is 0 Å². The molecule has 0 spiro atoms. The predicted molar refractivity (Wildman–Crippen MR) is 85.5 cm³/mol. The maximum absolute atomic E-state index is 11.6. The molecule has 5 heteroatoms. The van der Waals surface area contributed by atoms with E-state index in [9.17, 15) is 4.79 Å². The van der Waals surface area contributed by atoms with Crippen molar-refractivity contribution in [2.45, 2.75) is 26.3 Å². The van der Waals surface area contributed by atoms with Crippen molar-refractivity contribution in [1.82, 2.24) is 5.32 Å². The molecule has 0 saturated heterocycles. The lowest BCUT2D eigenvalue weighted by molar-refractivity contribution is -0.121. The van der Waals surface area contributed by atoms with E-state index in [-0.39, 0.29) is 30.7 Å². The fourth-order valence-corrected chi connectivity index (χ4v) is 1.51. The molecule has 19 heavy (non-hydrogen) atoms. The monoisotopic (exact) mass is 304 g/mol. The normalized spacial score (nSPS) is 11.6. The molecule has 0 unspecified atom stereocenters. The zero-order valence-electron chi connectivity index (χ0n) is 11.2. The van der Waals surface area contributed by atoms with Gasteiger partial charge in [-0.25, -0.2) is 0 Å². The first-order chi connectivity index (χ1) is 8.09. The minimum atomic E-state index is -0.435. The van der Waals surface area contributed by atoms with Crippen molar-refractivity contribution in [3.63, 3.8) is 0 Å². The van der Waals surface area contributed by atoms with Crippen LogP contribution in [0.1, 0.15) is 25.8 Å². The highest BCUT2D eigenvalue weighted by molar-refractivity contribution is 5.85. The summed E-state index contributed by atoms with van der Waals surface area (Å²) in [5.41, 5.74) is 6.80. The van der Waals surface area contributed by atoms with Gasteiger partial charge in [0.1, 0.15) is 0 Å². The summed E-state index contributed by atoms with van der Waals surface area (Å²) < 4.78 is 0. The van der Waals surface area contributed by atoms with E-state index < -0.39 is 6.04 Å². The lowest BCUT2D eigenvalue weighted by Crippen LogP contribution is -2.39. The Morgan fingerprint density at radius 1 is 1.26 bits per heavy atom. The van der Waals surface area contributed by atoms with Crippen LogP contribution in [0, 0.1) is 5.92 Å². The average Bonchev–Trinajstić information content (AvgIpc) is 2.29. The van der Waals surface area contributed by atoms with Crippen LogP contribution < -0.4 is 11.1 Å². The number of hydrogen-bond donors (Lipinski definition) is 2. The van der Waals surface area contributed by atoms with Crippen molar-refractivity contribution < 1.29 is 4.79 Å². The Hall–Kier alpha value is -1.03. The highest BCUT2D eigenvalue weighted by Crippen LogP contribution is 2.03. The first-order valence-electron chi connectivity index (χ1n) is 5.87. The van der Waals surface area contributed by atoms with Crippen LogP contribution in [-0.4, -0.2) is 11.9 Å². The lowest BCUT2D eigenvalue weighted by atomic mass is 10.0. The molecule has 0 bridgehead atoms. The largest absolute Gasteiger partial charge is 0.331 e. The molecule has 0 saturated carbocycles. The Kier molecular flexibility index (Phi) is 11.6. The third kappa shape index (κ3) is 8.65. The van der Waals surface area contributed by atoms with Crippen LogP contribution in [0.3, 0.4) is 0 Å². The van der Waals surface area contributed by atoms with Crippen molar-refractivity contribution in [3.05, 3.63) is 42.1 Å². The van der Waals surface area contributed by atoms with Gasteiger partial charge in [0, 0.05) is 6.20 Å². The van der Waals surface area contributed by atoms with E-state index >= 15 is 0 Å². The summed E-state index contributed by atoms with van der Waals surface area (Å²) in [4.78, 5) is 11.6. The number of nitrogens with one attached hydrogen (secondary N) is 1. The van der Waals surface area contributed by atoms with Crippen LogP contribution in [0.4, 0.5) is 0 Å². The quantitative estimate of drug-likeness (QED) is 0.878. The summed E-state index contributed by atoms with van der Waals surface area (Å²) in [5.74, 6) is 0.291. The van der Waals surface area contributed by atoms with E-state index in [4.69, 9.17) is 5.73 Å². The lowest BCUT2D eigenvalue weighted by Gasteiger charge is -2.12. The maximum atomic E-state index is 11.6. The molecule has 0 heterocycles. The molecule has 1 aromatic rings. The van der Waals surface area contributed by atoms with Gasteiger partial charge in [0.15, 0.2) is 0 Å². The predicted octanol–water partition coefficient (Wildman–Crippen LogP) is 2.99. The zero-order chi connectivity index (χ0) is 12.7. The Morgan fingerprint density at radius 2 is 1.84 bits per heavy atom. The van der Waals surface area contributed by atoms with E-state index in [0.717, 1.165) is 5.56 Å². The summed E-state index contributed by atoms with van der Waals surface area (Å²) in [6.07, 6.45) is 4.18. The summed E-state index contributed by atoms with van der Waals surface area (Å²) in [7, 11) is 0.